The third kappa shape index (κ3) is 3.11. The highest BCUT2D eigenvalue weighted by atomic mass is 32.2. The van der Waals surface area contributed by atoms with Gasteiger partial charge in [0, 0.05) is 11.8 Å². The standard InChI is InChI=1S/C13H16N2OS/c1-10-5-3-4-6-11(10)12(14-2)9-17-13-15-7-8-16-13/h3-8,12,14H,9H2,1-2H3. The quantitative estimate of drug-likeness (QED) is 0.825. The largest absolute Gasteiger partial charge is 0.440 e. The Morgan fingerprint density at radius 2 is 2.24 bits per heavy atom. The number of nitrogens with one attached hydrogen (secondary N) is 1. The molecule has 1 atom stereocenters. The first-order chi connectivity index (χ1) is 8.31. The summed E-state index contributed by atoms with van der Waals surface area (Å²) in [5.74, 6) is 0.905. The molecule has 3 nitrogen and oxygen atoms in total. The number of hydrogen-bond donors (Lipinski definition) is 1. The summed E-state index contributed by atoms with van der Waals surface area (Å²) < 4.78 is 5.22. The summed E-state index contributed by atoms with van der Waals surface area (Å²) in [5, 5.41) is 4.05. The van der Waals surface area contributed by atoms with Gasteiger partial charge >= 0.3 is 0 Å². The van der Waals surface area contributed by atoms with Crippen molar-refractivity contribution in [3.63, 3.8) is 0 Å². The van der Waals surface area contributed by atoms with Crippen LogP contribution in [0.4, 0.5) is 0 Å². The molecule has 90 valence electrons. The first-order valence-electron chi connectivity index (χ1n) is 5.56. The average Bonchev–Trinajstić information content (AvgIpc) is 2.85. The van der Waals surface area contributed by atoms with E-state index >= 15 is 0 Å². The molecule has 1 aromatic heterocycles. The lowest BCUT2D eigenvalue weighted by Crippen LogP contribution is -2.19. The van der Waals surface area contributed by atoms with Crippen molar-refractivity contribution in [2.75, 3.05) is 12.8 Å². The molecule has 0 saturated carbocycles. The molecular weight excluding hydrogens is 232 g/mol. The molecule has 2 rings (SSSR count). The normalized spacial score (nSPS) is 12.6. The monoisotopic (exact) mass is 248 g/mol. The number of aryl methyl sites for hydroxylation is 1. The Hall–Kier alpha value is -1.26. The van der Waals surface area contributed by atoms with Crippen LogP contribution in [0.3, 0.4) is 0 Å². The van der Waals surface area contributed by atoms with Crippen molar-refractivity contribution in [1.29, 1.82) is 0 Å². The summed E-state index contributed by atoms with van der Waals surface area (Å²) in [6, 6.07) is 8.74. The van der Waals surface area contributed by atoms with Gasteiger partial charge < -0.3 is 9.73 Å². The van der Waals surface area contributed by atoms with Crippen LogP contribution in [0.1, 0.15) is 17.2 Å². The second-order valence-corrected chi connectivity index (χ2v) is 4.78. The highest BCUT2D eigenvalue weighted by Gasteiger charge is 2.12. The molecule has 0 aliphatic carbocycles. The number of rotatable bonds is 5. The van der Waals surface area contributed by atoms with E-state index in [-0.39, 0.29) is 0 Å². The van der Waals surface area contributed by atoms with Crippen LogP contribution in [0.2, 0.25) is 0 Å². The molecule has 0 aliphatic rings. The van der Waals surface area contributed by atoms with Crippen molar-refractivity contribution >= 4 is 11.8 Å². The minimum Gasteiger partial charge on any atom is -0.440 e. The minimum absolute atomic E-state index is 0.313. The molecule has 4 heteroatoms. The summed E-state index contributed by atoms with van der Waals surface area (Å²) in [5.41, 5.74) is 2.63. The summed E-state index contributed by atoms with van der Waals surface area (Å²) in [6.45, 7) is 2.13. The SMILES string of the molecule is CNC(CSc1ncco1)c1ccccc1C. The van der Waals surface area contributed by atoms with E-state index in [1.54, 1.807) is 24.2 Å². The van der Waals surface area contributed by atoms with Crippen LogP contribution in [0, 0.1) is 6.92 Å². The lowest BCUT2D eigenvalue weighted by atomic mass is 10.0. The molecule has 1 unspecified atom stereocenters. The molecule has 0 spiro atoms. The Balaban J connectivity index is 2.04. The lowest BCUT2D eigenvalue weighted by molar-refractivity contribution is 0.453. The summed E-state index contributed by atoms with van der Waals surface area (Å²) in [6.07, 6.45) is 3.27. The first kappa shape index (κ1) is 12.2. The van der Waals surface area contributed by atoms with E-state index in [9.17, 15) is 0 Å². The van der Waals surface area contributed by atoms with Crippen LogP contribution in [-0.4, -0.2) is 17.8 Å². The third-order valence-electron chi connectivity index (χ3n) is 2.70. The third-order valence-corrected chi connectivity index (χ3v) is 3.64. The van der Waals surface area contributed by atoms with Gasteiger partial charge in [0.25, 0.3) is 5.22 Å². The van der Waals surface area contributed by atoms with E-state index in [0.717, 1.165) is 11.0 Å². The van der Waals surface area contributed by atoms with Gasteiger partial charge in [-0.15, -0.1) is 0 Å². The van der Waals surface area contributed by atoms with Crippen LogP contribution in [0.5, 0.6) is 0 Å². The Bertz CT molecular complexity index is 456. The van der Waals surface area contributed by atoms with E-state index in [1.165, 1.54) is 11.1 Å². The topological polar surface area (TPSA) is 38.1 Å². The fourth-order valence-corrected chi connectivity index (χ4v) is 2.66. The van der Waals surface area contributed by atoms with Crippen LogP contribution in [0.25, 0.3) is 0 Å². The van der Waals surface area contributed by atoms with Crippen LogP contribution in [-0.2, 0) is 0 Å². The minimum atomic E-state index is 0.313. The average molecular weight is 248 g/mol. The molecule has 0 radical (unpaired) electrons. The molecule has 2 aromatic rings. The van der Waals surface area contributed by atoms with Crippen molar-refractivity contribution in [2.24, 2.45) is 0 Å². The fraction of sp³-hybridized carbons (Fsp3) is 0.308. The molecule has 0 amide bonds. The molecule has 1 N–H and O–H groups in total. The van der Waals surface area contributed by atoms with Crippen LogP contribution in [0.15, 0.2) is 46.4 Å². The van der Waals surface area contributed by atoms with Crippen LogP contribution < -0.4 is 5.32 Å². The maximum absolute atomic E-state index is 5.22. The molecular formula is C13H16N2OS. The summed E-state index contributed by atoms with van der Waals surface area (Å²) >= 11 is 1.62. The molecule has 0 fully saturated rings. The van der Waals surface area contributed by atoms with Gasteiger partial charge in [-0.25, -0.2) is 4.98 Å². The number of benzene rings is 1. The maximum Gasteiger partial charge on any atom is 0.255 e. The first-order valence-corrected chi connectivity index (χ1v) is 6.55. The zero-order valence-corrected chi connectivity index (χ0v) is 10.8. The molecule has 0 bridgehead atoms. The Morgan fingerprint density at radius 1 is 1.41 bits per heavy atom. The lowest BCUT2D eigenvalue weighted by Gasteiger charge is -2.17. The van der Waals surface area contributed by atoms with Crippen molar-refractivity contribution in [2.45, 2.75) is 18.2 Å². The number of nitrogens with zero attached hydrogens (tertiary/aromatic N) is 1. The van der Waals surface area contributed by atoms with Gasteiger partial charge in [-0.05, 0) is 25.1 Å². The zero-order valence-electron chi connectivity index (χ0n) is 10.0. The van der Waals surface area contributed by atoms with Gasteiger partial charge in [-0.3, -0.25) is 0 Å². The van der Waals surface area contributed by atoms with Crippen molar-refractivity contribution in [3.8, 4) is 0 Å². The number of hydrogen-bond acceptors (Lipinski definition) is 4. The molecule has 17 heavy (non-hydrogen) atoms. The molecule has 0 saturated heterocycles. The predicted octanol–water partition coefficient (Wildman–Crippen LogP) is 3.04. The van der Waals surface area contributed by atoms with Gasteiger partial charge in [0.1, 0.15) is 6.26 Å². The Kier molecular flexibility index (Phi) is 4.23. The molecule has 1 heterocycles. The van der Waals surface area contributed by atoms with E-state index in [4.69, 9.17) is 4.42 Å². The van der Waals surface area contributed by atoms with E-state index in [0.29, 0.717) is 6.04 Å². The van der Waals surface area contributed by atoms with E-state index in [1.807, 2.05) is 7.05 Å². The number of oxazole rings is 1. The van der Waals surface area contributed by atoms with Gasteiger partial charge in [0.15, 0.2) is 0 Å². The van der Waals surface area contributed by atoms with E-state index in [2.05, 4.69) is 41.5 Å². The van der Waals surface area contributed by atoms with Gasteiger partial charge in [0.05, 0.1) is 6.20 Å². The van der Waals surface area contributed by atoms with Crippen LogP contribution >= 0.6 is 11.8 Å². The summed E-state index contributed by atoms with van der Waals surface area (Å²) in [7, 11) is 1.98. The number of thioether (sulfide) groups is 1. The highest BCUT2D eigenvalue weighted by Crippen LogP contribution is 2.25. The fourth-order valence-electron chi connectivity index (χ4n) is 1.74. The Labute approximate surface area is 106 Å². The smallest absolute Gasteiger partial charge is 0.255 e. The van der Waals surface area contributed by atoms with Gasteiger partial charge in [0.2, 0.25) is 0 Å². The maximum atomic E-state index is 5.22. The van der Waals surface area contributed by atoms with Crippen molar-refractivity contribution in [3.05, 3.63) is 47.9 Å². The van der Waals surface area contributed by atoms with Gasteiger partial charge in [-0.1, -0.05) is 36.0 Å². The second-order valence-electron chi connectivity index (χ2n) is 3.81. The predicted molar refractivity (Wildman–Crippen MR) is 70.2 cm³/mol. The molecule has 1 aromatic carbocycles. The zero-order chi connectivity index (χ0) is 12.1. The Morgan fingerprint density at radius 3 is 2.88 bits per heavy atom. The molecule has 0 aliphatic heterocycles. The second kappa shape index (κ2) is 5.89. The number of aromatic nitrogens is 1. The highest BCUT2D eigenvalue weighted by molar-refractivity contribution is 7.99. The van der Waals surface area contributed by atoms with Gasteiger partial charge in [-0.2, -0.15) is 0 Å². The summed E-state index contributed by atoms with van der Waals surface area (Å²) in [4.78, 5) is 4.11. The van der Waals surface area contributed by atoms with Crippen molar-refractivity contribution < 1.29 is 4.42 Å². The van der Waals surface area contributed by atoms with Crippen molar-refractivity contribution in [1.82, 2.24) is 10.3 Å². The van der Waals surface area contributed by atoms with E-state index < -0.39 is 0 Å².